The summed E-state index contributed by atoms with van der Waals surface area (Å²) in [6.07, 6.45) is 6.90. The number of amides is 1. The molecular formula is C17H21NO3. The largest absolute Gasteiger partial charge is 0.454 e. The molecule has 0 spiro atoms. The summed E-state index contributed by atoms with van der Waals surface area (Å²) in [5.74, 6) is 1.59. The smallest absolute Gasteiger partial charge is 0.247 e. The normalized spacial score (nSPS) is 24.6. The molecule has 3 rings (SSSR count). The van der Waals surface area contributed by atoms with Crippen LogP contribution < -0.4 is 9.47 Å². The molecule has 1 aromatic carbocycles. The monoisotopic (exact) mass is 287 g/mol. The topological polar surface area (TPSA) is 38.8 Å². The van der Waals surface area contributed by atoms with E-state index >= 15 is 0 Å². The highest BCUT2D eigenvalue weighted by Gasteiger charge is 2.27. The van der Waals surface area contributed by atoms with Crippen LogP contribution in [0.5, 0.6) is 11.5 Å². The molecule has 2 aliphatic heterocycles. The van der Waals surface area contributed by atoms with Crippen LogP contribution in [0.4, 0.5) is 0 Å². The fourth-order valence-corrected chi connectivity index (χ4v) is 3.13. The Morgan fingerprint density at radius 3 is 2.67 bits per heavy atom. The number of rotatable bonds is 2. The first kappa shape index (κ1) is 14.0. The minimum atomic E-state index is 0.0902. The number of hydrogen-bond donors (Lipinski definition) is 0. The highest BCUT2D eigenvalue weighted by molar-refractivity contribution is 5.92. The van der Waals surface area contributed by atoms with Crippen LogP contribution in [0, 0.1) is 0 Å². The molecule has 0 aliphatic carbocycles. The van der Waals surface area contributed by atoms with Crippen molar-refractivity contribution in [2.24, 2.45) is 0 Å². The van der Waals surface area contributed by atoms with Crippen LogP contribution in [-0.2, 0) is 4.79 Å². The highest BCUT2D eigenvalue weighted by atomic mass is 16.7. The van der Waals surface area contributed by atoms with Crippen molar-refractivity contribution in [1.29, 1.82) is 0 Å². The van der Waals surface area contributed by atoms with Crippen molar-refractivity contribution in [1.82, 2.24) is 4.90 Å². The molecule has 4 heteroatoms. The van der Waals surface area contributed by atoms with Gasteiger partial charge in [-0.1, -0.05) is 6.07 Å². The second-order valence-electron chi connectivity index (χ2n) is 5.82. The zero-order chi connectivity index (χ0) is 14.8. The standard InChI is InChI=1S/C17H21NO3/c1-12-4-3-5-13(2)18(12)17(19)9-7-14-6-8-15-16(10-14)21-11-20-15/h6-10,12-13H,3-5,11H2,1-2H3/b9-7+/t12-,13-/m0/s1. The van der Waals surface area contributed by atoms with E-state index in [1.54, 1.807) is 6.08 Å². The Morgan fingerprint density at radius 1 is 1.19 bits per heavy atom. The van der Waals surface area contributed by atoms with Gasteiger partial charge in [0.25, 0.3) is 0 Å². The first-order chi connectivity index (χ1) is 10.1. The minimum Gasteiger partial charge on any atom is -0.454 e. The molecule has 0 radical (unpaired) electrons. The van der Waals surface area contributed by atoms with Gasteiger partial charge in [-0.15, -0.1) is 0 Å². The molecule has 4 nitrogen and oxygen atoms in total. The molecule has 0 unspecified atom stereocenters. The Hall–Kier alpha value is -1.97. The molecule has 21 heavy (non-hydrogen) atoms. The fourth-order valence-electron chi connectivity index (χ4n) is 3.13. The van der Waals surface area contributed by atoms with Crippen LogP contribution >= 0.6 is 0 Å². The third-order valence-electron chi connectivity index (χ3n) is 4.26. The van der Waals surface area contributed by atoms with E-state index in [1.807, 2.05) is 29.2 Å². The van der Waals surface area contributed by atoms with Gasteiger partial charge in [-0.2, -0.15) is 0 Å². The van der Waals surface area contributed by atoms with Crippen LogP contribution in [0.15, 0.2) is 24.3 Å². The zero-order valence-electron chi connectivity index (χ0n) is 12.5. The number of ether oxygens (including phenoxy) is 2. The molecule has 1 amide bonds. The summed E-state index contributed by atoms with van der Waals surface area (Å²) < 4.78 is 10.6. The SMILES string of the molecule is C[C@H]1CCC[C@H](C)N1C(=O)/C=C/c1ccc2c(c1)OCO2. The van der Waals surface area contributed by atoms with Gasteiger partial charge in [-0.25, -0.2) is 0 Å². The van der Waals surface area contributed by atoms with Crippen LogP contribution in [0.1, 0.15) is 38.7 Å². The molecule has 0 aromatic heterocycles. The van der Waals surface area contributed by atoms with Crippen LogP contribution in [0.2, 0.25) is 0 Å². The van der Waals surface area contributed by atoms with Gasteiger partial charge in [0.2, 0.25) is 12.7 Å². The number of nitrogens with zero attached hydrogens (tertiary/aromatic N) is 1. The lowest BCUT2D eigenvalue weighted by molar-refractivity contribution is -0.131. The second kappa shape index (κ2) is 5.80. The van der Waals surface area contributed by atoms with E-state index in [0.717, 1.165) is 29.9 Å². The van der Waals surface area contributed by atoms with Gasteiger partial charge in [0.15, 0.2) is 11.5 Å². The Labute approximate surface area is 125 Å². The Bertz CT molecular complexity index is 557. The lowest BCUT2D eigenvalue weighted by Gasteiger charge is -2.38. The predicted octanol–water partition coefficient (Wildman–Crippen LogP) is 3.22. The molecule has 2 heterocycles. The highest BCUT2D eigenvalue weighted by Crippen LogP contribution is 2.32. The van der Waals surface area contributed by atoms with Crippen molar-refractivity contribution in [3.05, 3.63) is 29.8 Å². The summed E-state index contributed by atoms with van der Waals surface area (Å²) in [5, 5.41) is 0. The van der Waals surface area contributed by atoms with Gasteiger partial charge in [-0.3, -0.25) is 4.79 Å². The van der Waals surface area contributed by atoms with Gasteiger partial charge in [0.05, 0.1) is 0 Å². The lowest BCUT2D eigenvalue weighted by Crippen LogP contribution is -2.46. The molecule has 1 aromatic rings. The van der Waals surface area contributed by atoms with E-state index in [0.29, 0.717) is 12.1 Å². The number of likely N-dealkylation sites (tertiary alicyclic amines) is 1. The predicted molar refractivity (Wildman–Crippen MR) is 81.2 cm³/mol. The van der Waals surface area contributed by atoms with E-state index in [4.69, 9.17) is 9.47 Å². The summed E-state index contributed by atoms with van der Waals surface area (Å²) in [5.41, 5.74) is 0.949. The van der Waals surface area contributed by atoms with Gasteiger partial charge >= 0.3 is 0 Å². The minimum absolute atomic E-state index is 0.0902. The third-order valence-corrected chi connectivity index (χ3v) is 4.26. The summed E-state index contributed by atoms with van der Waals surface area (Å²) in [6.45, 7) is 4.52. The number of piperidine rings is 1. The Kier molecular flexibility index (Phi) is 3.86. The molecule has 0 N–H and O–H groups in total. The zero-order valence-corrected chi connectivity index (χ0v) is 12.5. The average Bonchev–Trinajstić information content (AvgIpc) is 2.92. The lowest BCUT2D eigenvalue weighted by atomic mass is 9.97. The number of carbonyl (C=O) groups excluding carboxylic acids is 1. The first-order valence-corrected chi connectivity index (χ1v) is 7.55. The molecule has 1 saturated heterocycles. The van der Waals surface area contributed by atoms with E-state index in [2.05, 4.69) is 13.8 Å². The molecular weight excluding hydrogens is 266 g/mol. The van der Waals surface area contributed by atoms with Crippen LogP contribution in [0.3, 0.4) is 0 Å². The first-order valence-electron chi connectivity index (χ1n) is 7.55. The molecule has 2 atom stereocenters. The van der Waals surface area contributed by atoms with Gasteiger partial charge in [-0.05, 0) is 56.9 Å². The van der Waals surface area contributed by atoms with E-state index < -0.39 is 0 Å². The molecule has 112 valence electrons. The number of benzene rings is 1. The van der Waals surface area contributed by atoms with Gasteiger partial charge < -0.3 is 14.4 Å². The maximum Gasteiger partial charge on any atom is 0.247 e. The van der Waals surface area contributed by atoms with Gasteiger partial charge in [0.1, 0.15) is 0 Å². The summed E-state index contributed by atoms with van der Waals surface area (Å²) in [6, 6.07) is 6.35. The maximum atomic E-state index is 12.4. The van der Waals surface area contributed by atoms with E-state index in [9.17, 15) is 4.79 Å². The molecule has 1 fully saturated rings. The Balaban J connectivity index is 1.71. The van der Waals surface area contributed by atoms with Crippen molar-refractivity contribution < 1.29 is 14.3 Å². The number of hydrogen-bond acceptors (Lipinski definition) is 3. The Morgan fingerprint density at radius 2 is 1.90 bits per heavy atom. The fraction of sp³-hybridized carbons (Fsp3) is 0.471. The average molecular weight is 287 g/mol. The van der Waals surface area contributed by atoms with Crippen LogP contribution in [0.25, 0.3) is 6.08 Å². The van der Waals surface area contributed by atoms with Crippen molar-refractivity contribution in [2.75, 3.05) is 6.79 Å². The number of carbonyl (C=O) groups is 1. The summed E-state index contributed by atoms with van der Waals surface area (Å²) >= 11 is 0. The van der Waals surface area contributed by atoms with Gasteiger partial charge in [0, 0.05) is 18.2 Å². The molecule has 2 aliphatic rings. The van der Waals surface area contributed by atoms with Crippen LogP contribution in [-0.4, -0.2) is 29.7 Å². The van der Waals surface area contributed by atoms with E-state index in [-0.39, 0.29) is 12.7 Å². The van der Waals surface area contributed by atoms with Crippen molar-refractivity contribution in [3.63, 3.8) is 0 Å². The van der Waals surface area contributed by atoms with Crippen molar-refractivity contribution >= 4 is 12.0 Å². The third kappa shape index (κ3) is 2.89. The van der Waals surface area contributed by atoms with E-state index in [1.165, 1.54) is 6.42 Å². The molecule has 0 bridgehead atoms. The number of fused-ring (bicyclic) bond motifs is 1. The molecule has 0 saturated carbocycles. The summed E-state index contributed by atoms with van der Waals surface area (Å²) in [4.78, 5) is 14.4. The van der Waals surface area contributed by atoms with Crippen molar-refractivity contribution in [2.45, 2.75) is 45.2 Å². The summed E-state index contributed by atoms with van der Waals surface area (Å²) in [7, 11) is 0. The second-order valence-corrected chi connectivity index (χ2v) is 5.82. The quantitative estimate of drug-likeness (QED) is 0.784. The maximum absolute atomic E-state index is 12.4. The van der Waals surface area contributed by atoms with Crippen molar-refractivity contribution in [3.8, 4) is 11.5 Å².